The molecule has 0 N–H and O–H groups in total. The van der Waals surface area contributed by atoms with Crippen LogP contribution >= 0.6 is 0 Å². The highest BCUT2D eigenvalue weighted by atomic mass is 16.5. The second-order valence-corrected chi connectivity index (χ2v) is 3.50. The van der Waals surface area contributed by atoms with Crippen molar-refractivity contribution >= 4 is 5.65 Å². The Morgan fingerprint density at radius 2 is 2.00 bits per heavy atom. The Bertz CT molecular complexity index is 662. The maximum atomic E-state index is 5.24. The standard InChI is InChI=1S/C12H10N4O/c1-17-12-9(4-2-6-13-12)10-8-14-11-5-3-7-15-16(10)11/h2-8H,1H3. The maximum absolute atomic E-state index is 5.24. The fourth-order valence-corrected chi connectivity index (χ4v) is 1.76. The quantitative estimate of drug-likeness (QED) is 0.668. The molecule has 0 atom stereocenters. The van der Waals surface area contributed by atoms with Gasteiger partial charge >= 0.3 is 0 Å². The van der Waals surface area contributed by atoms with E-state index in [1.54, 1.807) is 30.2 Å². The molecule has 3 rings (SSSR count). The van der Waals surface area contributed by atoms with E-state index in [4.69, 9.17) is 4.74 Å². The van der Waals surface area contributed by atoms with E-state index in [1.807, 2.05) is 24.3 Å². The number of fused-ring (bicyclic) bond motifs is 1. The third-order valence-corrected chi connectivity index (χ3v) is 2.52. The number of hydrogen-bond donors (Lipinski definition) is 0. The van der Waals surface area contributed by atoms with Crippen LogP contribution in [0.1, 0.15) is 0 Å². The predicted octanol–water partition coefficient (Wildman–Crippen LogP) is 1.80. The molecule has 3 aromatic rings. The summed E-state index contributed by atoms with van der Waals surface area (Å²) in [6, 6.07) is 7.55. The number of pyridine rings is 1. The molecule has 0 fully saturated rings. The van der Waals surface area contributed by atoms with E-state index in [2.05, 4.69) is 15.1 Å². The first-order valence-electron chi connectivity index (χ1n) is 5.18. The molecule has 0 saturated heterocycles. The molecule has 0 bridgehead atoms. The van der Waals surface area contributed by atoms with E-state index in [0.717, 1.165) is 16.9 Å². The number of imidazole rings is 1. The number of nitrogens with zero attached hydrogens (tertiary/aromatic N) is 4. The second-order valence-electron chi connectivity index (χ2n) is 3.50. The van der Waals surface area contributed by atoms with Gasteiger partial charge in [0.05, 0.1) is 24.6 Å². The molecule has 0 unspecified atom stereocenters. The van der Waals surface area contributed by atoms with Gasteiger partial charge in [0.15, 0.2) is 5.65 Å². The molecule has 0 saturated carbocycles. The van der Waals surface area contributed by atoms with Crippen LogP contribution in [0.3, 0.4) is 0 Å². The van der Waals surface area contributed by atoms with E-state index >= 15 is 0 Å². The van der Waals surface area contributed by atoms with Crippen molar-refractivity contribution in [1.82, 2.24) is 19.6 Å². The smallest absolute Gasteiger partial charge is 0.222 e. The van der Waals surface area contributed by atoms with Crippen molar-refractivity contribution in [1.29, 1.82) is 0 Å². The van der Waals surface area contributed by atoms with E-state index in [9.17, 15) is 0 Å². The first-order chi connectivity index (χ1) is 8.40. The average Bonchev–Trinajstić information content (AvgIpc) is 2.82. The zero-order valence-electron chi connectivity index (χ0n) is 9.24. The third kappa shape index (κ3) is 1.52. The molecule has 0 radical (unpaired) electrons. The molecular formula is C12H10N4O. The van der Waals surface area contributed by atoms with E-state index in [-0.39, 0.29) is 0 Å². The minimum Gasteiger partial charge on any atom is -0.481 e. The lowest BCUT2D eigenvalue weighted by Gasteiger charge is -2.05. The van der Waals surface area contributed by atoms with Crippen LogP contribution in [-0.4, -0.2) is 26.7 Å². The molecule has 3 heterocycles. The zero-order valence-corrected chi connectivity index (χ0v) is 9.24. The minimum absolute atomic E-state index is 0.569. The molecule has 0 spiro atoms. The van der Waals surface area contributed by atoms with Crippen molar-refractivity contribution < 1.29 is 4.74 Å². The molecule has 0 aromatic carbocycles. The van der Waals surface area contributed by atoms with Crippen molar-refractivity contribution in [2.24, 2.45) is 0 Å². The van der Waals surface area contributed by atoms with Crippen LogP contribution in [-0.2, 0) is 0 Å². The summed E-state index contributed by atoms with van der Waals surface area (Å²) < 4.78 is 7.00. The lowest BCUT2D eigenvalue weighted by atomic mass is 10.2. The Labute approximate surface area is 97.7 Å². The minimum atomic E-state index is 0.569. The summed E-state index contributed by atoms with van der Waals surface area (Å²) in [5.74, 6) is 0.569. The molecule has 5 heteroatoms. The Kier molecular flexibility index (Phi) is 2.22. The van der Waals surface area contributed by atoms with Gasteiger partial charge in [-0.25, -0.2) is 14.5 Å². The number of ether oxygens (including phenoxy) is 1. The molecule has 3 aromatic heterocycles. The second kappa shape index (κ2) is 3.86. The normalized spacial score (nSPS) is 10.6. The number of rotatable bonds is 2. The molecule has 0 aliphatic heterocycles. The summed E-state index contributed by atoms with van der Waals surface area (Å²) in [7, 11) is 1.60. The van der Waals surface area contributed by atoms with Gasteiger partial charge in [-0.1, -0.05) is 0 Å². The number of methoxy groups -OCH3 is 1. The van der Waals surface area contributed by atoms with E-state index < -0.39 is 0 Å². The Balaban J connectivity index is 2.27. The van der Waals surface area contributed by atoms with Crippen LogP contribution in [0.15, 0.2) is 42.9 Å². The highest BCUT2D eigenvalue weighted by molar-refractivity contribution is 5.67. The van der Waals surface area contributed by atoms with Crippen LogP contribution in [0.25, 0.3) is 16.9 Å². The molecule has 17 heavy (non-hydrogen) atoms. The van der Waals surface area contributed by atoms with Crippen molar-refractivity contribution in [2.45, 2.75) is 0 Å². The summed E-state index contributed by atoms with van der Waals surface area (Å²) in [4.78, 5) is 8.46. The molecule has 0 aliphatic carbocycles. The third-order valence-electron chi connectivity index (χ3n) is 2.52. The van der Waals surface area contributed by atoms with Gasteiger partial charge < -0.3 is 4.74 Å². The lowest BCUT2D eigenvalue weighted by molar-refractivity contribution is 0.399. The van der Waals surface area contributed by atoms with Crippen molar-refractivity contribution in [3.05, 3.63) is 42.9 Å². The molecule has 84 valence electrons. The van der Waals surface area contributed by atoms with Crippen LogP contribution < -0.4 is 4.74 Å². The summed E-state index contributed by atoms with van der Waals surface area (Å²) >= 11 is 0. The van der Waals surface area contributed by atoms with Gasteiger partial charge in [0.25, 0.3) is 0 Å². The molecule has 0 amide bonds. The van der Waals surface area contributed by atoms with Crippen molar-refractivity contribution in [2.75, 3.05) is 7.11 Å². The van der Waals surface area contributed by atoms with Gasteiger partial charge in [-0.15, -0.1) is 0 Å². The SMILES string of the molecule is COc1ncccc1-c1cnc2cccnn12. The van der Waals surface area contributed by atoms with Gasteiger partial charge in [0.2, 0.25) is 5.88 Å². The topological polar surface area (TPSA) is 52.3 Å². The zero-order chi connectivity index (χ0) is 11.7. The van der Waals surface area contributed by atoms with Gasteiger partial charge in [-0.05, 0) is 24.3 Å². The van der Waals surface area contributed by atoms with E-state index in [1.165, 1.54) is 0 Å². The van der Waals surface area contributed by atoms with Gasteiger partial charge in [-0.2, -0.15) is 5.10 Å². The number of hydrogen-bond acceptors (Lipinski definition) is 4. The molecule has 5 nitrogen and oxygen atoms in total. The van der Waals surface area contributed by atoms with Crippen molar-refractivity contribution in [3.8, 4) is 17.1 Å². The Morgan fingerprint density at radius 1 is 1.12 bits per heavy atom. The first kappa shape index (κ1) is 9.77. The summed E-state index contributed by atoms with van der Waals surface area (Å²) in [5.41, 5.74) is 2.54. The lowest BCUT2D eigenvalue weighted by Crippen LogP contribution is -1.96. The fraction of sp³-hybridized carbons (Fsp3) is 0.0833. The average molecular weight is 226 g/mol. The maximum Gasteiger partial charge on any atom is 0.222 e. The van der Waals surface area contributed by atoms with E-state index in [0.29, 0.717) is 5.88 Å². The summed E-state index contributed by atoms with van der Waals surface area (Å²) in [6.07, 6.45) is 5.18. The van der Waals surface area contributed by atoms with Gasteiger partial charge in [0.1, 0.15) is 0 Å². The fourth-order valence-electron chi connectivity index (χ4n) is 1.76. The highest BCUT2D eigenvalue weighted by Gasteiger charge is 2.11. The summed E-state index contributed by atoms with van der Waals surface area (Å²) in [5, 5.41) is 4.26. The molecular weight excluding hydrogens is 216 g/mol. The first-order valence-corrected chi connectivity index (χ1v) is 5.18. The van der Waals surface area contributed by atoms with Gasteiger partial charge in [-0.3, -0.25) is 0 Å². The van der Waals surface area contributed by atoms with Crippen LogP contribution in [0.4, 0.5) is 0 Å². The summed E-state index contributed by atoms with van der Waals surface area (Å²) in [6.45, 7) is 0. The Hall–Kier alpha value is -2.43. The van der Waals surface area contributed by atoms with Crippen LogP contribution in [0.5, 0.6) is 5.88 Å². The van der Waals surface area contributed by atoms with Crippen LogP contribution in [0, 0.1) is 0 Å². The highest BCUT2D eigenvalue weighted by Crippen LogP contribution is 2.27. The van der Waals surface area contributed by atoms with Gasteiger partial charge in [0, 0.05) is 12.4 Å². The Morgan fingerprint density at radius 3 is 2.88 bits per heavy atom. The van der Waals surface area contributed by atoms with Crippen LogP contribution in [0.2, 0.25) is 0 Å². The van der Waals surface area contributed by atoms with Crippen molar-refractivity contribution in [3.63, 3.8) is 0 Å². The monoisotopic (exact) mass is 226 g/mol. The number of aromatic nitrogens is 4. The predicted molar refractivity (Wildman–Crippen MR) is 62.8 cm³/mol. The largest absolute Gasteiger partial charge is 0.481 e. The molecule has 0 aliphatic rings.